The Morgan fingerprint density at radius 1 is 1.31 bits per heavy atom. The van der Waals surface area contributed by atoms with Crippen LogP contribution in [-0.2, 0) is 6.61 Å². The van der Waals surface area contributed by atoms with E-state index in [4.69, 9.17) is 16.3 Å². The van der Waals surface area contributed by atoms with Gasteiger partial charge in [0.25, 0.3) is 0 Å². The SMILES string of the molecule is CB(O)N(C/C=C/Cl)c1cc(OCc2ccccc2)c2[nH]ccc2c1Br. The molecule has 0 atom stereocenters. The molecule has 0 aliphatic carbocycles. The van der Waals surface area contributed by atoms with Gasteiger partial charge in [-0.25, -0.2) is 0 Å². The first-order valence-corrected chi connectivity index (χ1v) is 9.51. The molecule has 134 valence electrons. The molecule has 0 radical (unpaired) electrons. The van der Waals surface area contributed by atoms with Gasteiger partial charge >= 0.3 is 7.05 Å². The fourth-order valence-corrected chi connectivity index (χ4v) is 3.57. The molecule has 3 rings (SSSR count). The quantitative estimate of drug-likeness (QED) is 0.505. The van der Waals surface area contributed by atoms with Gasteiger partial charge < -0.3 is 19.6 Å². The molecule has 4 nitrogen and oxygen atoms in total. The van der Waals surface area contributed by atoms with Crippen molar-refractivity contribution in [1.29, 1.82) is 0 Å². The number of nitrogens with one attached hydrogen (secondary N) is 1. The molecule has 1 heterocycles. The minimum absolute atomic E-state index is 0.465. The summed E-state index contributed by atoms with van der Waals surface area (Å²) in [5.74, 6) is 0.729. The Morgan fingerprint density at radius 3 is 2.77 bits per heavy atom. The van der Waals surface area contributed by atoms with Crippen molar-refractivity contribution < 1.29 is 9.76 Å². The Balaban J connectivity index is 2.00. The van der Waals surface area contributed by atoms with E-state index in [1.54, 1.807) is 12.9 Å². The van der Waals surface area contributed by atoms with Crippen molar-refractivity contribution in [2.24, 2.45) is 0 Å². The van der Waals surface area contributed by atoms with Crippen LogP contribution in [0.2, 0.25) is 6.82 Å². The first kappa shape index (κ1) is 18.9. The first-order chi connectivity index (χ1) is 12.6. The van der Waals surface area contributed by atoms with Gasteiger partial charge in [0.05, 0.1) is 5.52 Å². The van der Waals surface area contributed by atoms with Gasteiger partial charge in [0.2, 0.25) is 0 Å². The molecule has 0 unspecified atom stereocenters. The molecule has 0 spiro atoms. The Labute approximate surface area is 166 Å². The normalized spacial score (nSPS) is 11.2. The van der Waals surface area contributed by atoms with E-state index >= 15 is 0 Å². The lowest BCUT2D eigenvalue weighted by molar-refractivity contribution is 0.309. The molecule has 3 aromatic rings. The molecule has 2 N–H and O–H groups in total. The third kappa shape index (κ3) is 4.09. The van der Waals surface area contributed by atoms with E-state index in [-0.39, 0.29) is 0 Å². The standard InChI is InChI=1S/C19H19BBrClN2O2/c1-20(25)24(11-5-9-22)16-12-17(19-15(18(16)21)8-10-23-19)26-13-14-6-3-2-4-7-14/h2-10,12,23,25H,11,13H2,1H3/b9-5+. The number of benzene rings is 2. The molecule has 2 aromatic carbocycles. The molecule has 7 heteroatoms. The van der Waals surface area contributed by atoms with Crippen LogP contribution in [0.5, 0.6) is 5.75 Å². The Hall–Kier alpha value is -1.89. The van der Waals surface area contributed by atoms with Crippen molar-refractivity contribution in [3.8, 4) is 5.75 Å². The second-order valence-electron chi connectivity index (χ2n) is 5.89. The van der Waals surface area contributed by atoms with Crippen molar-refractivity contribution in [1.82, 2.24) is 4.98 Å². The Morgan fingerprint density at radius 2 is 2.08 bits per heavy atom. The van der Waals surface area contributed by atoms with Crippen LogP contribution in [0.4, 0.5) is 5.69 Å². The maximum atomic E-state index is 10.2. The van der Waals surface area contributed by atoms with Gasteiger partial charge in [-0.1, -0.05) is 48.0 Å². The van der Waals surface area contributed by atoms with Crippen LogP contribution in [0.3, 0.4) is 0 Å². The number of anilines is 1. The number of hydrogen-bond donors (Lipinski definition) is 2. The minimum Gasteiger partial charge on any atom is -0.487 e. The van der Waals surface area contributed by atoms with Gasteiger partial charge in [0.15, 0.2) is 0 Å². The van der Waals surface area contributed by atoms with Crippen LogP contribution in [0.1, 0.15) is 5.56 Å². The molecular weight excluding hydrogens is 414 g/mol. The van der Waals surface area contributed by atoms with Crippen LogP contribution in [0.25, 0.3) is 10.9 Å². The summed E-state index contributed by atoms with van der Waals surface area (Å²) in [4.78, 5) is 5.07. The zero-order valence-corrected chi connectivity index (χ0v) is 16.7. The number of halogens is 2. The predicted octanol–water partition coefficient (Wildman–Crippen LogP) is 5.18. The van der Waals surface area contributed by atoms with Crippen molar-refractivity contribution in [2.45, 2.75) is 13.4 Å². The van der Waals surface area contributed by atoms with Crippen molar-refractivity contribution in [3.05, 3.63) is 70.3 Å². The number of aromatic amines is 1. The molecule has 0 aliphatic rings. The molecule has 0 fully saturated rings. The van der Waals surface area contributed by atoms with E-state index in [1.807, 2.05) is 53.5 Å². The fourth-order valence-electron chi connectivity index (χ4n) is 2.82. The van der Waals surface area contributed by atoms with Crippen molar-refractivity contribution in [2.75, 3.05) is 11.4 Å². The summed E-state index contributed by atoms with van der Waals surface area (Å²) in [6.45, 7) is 2.67. The van der Waals surface area contributed by atoms with Gasteiger partial charge in [-0.2, -0.15) is 0 Å². The summed E-state index contributed by atoms with van der Waals surface area (Å²) in [5, 5.41) is 11.2. The van der Waals surface area contributed by atoms with Gasteiger partial charge in [-0.15, -0.1) is 0 Å². The summed E-state index contributed by atoms with van der Waals surface area (Å²) in [5.41, 5.74) is 4.29. The Kier molecular flexibility index (Phi) is 6.30. The van der Waals surface area contributed by atoms with Crippen LogP contribution in [0.15, 0.2) is 64.7 Å². The summed E-state index contributed by atoms with van der Waals surface area (Å²) < 4.78 is 6.98. The van der Waals surface area contributed by atoms with Crippen LogP contribution in [0, 0.1) is 0 Å². The number of nitrogens with zero attached hydrogens (tertiary/aromatic N) is 1. The predicted molar refractivity (Wildman–Crippen MR) is 113 cm³/mol. The molecule has 0 amide bonds. The largest absolute Gasteiger partial charge is 0.487 e. The highest BCUT2D eigenvalue weighted by molar-refractivity contribution is 9.10. The second-order valence-corrected chi connectivity index (χ2v) is 6.94. The molecule has 1 aromatic heterocycles. The molecule has 0 bridgehead atoms. The zero-order valence-electron chi connectivity index (χ0n) is 14.3. The Bertz CT molecular complexity index is 899. The maximum absolute atomic E-state index is 10.2. The van der Waals surface area contributed by atoms with Crippen molar-refractivity contribution >= 4 is 51.2 Å². The fraction of sp³-hybridized carbons (Fsp3) is 0.158. The number of fused-ring (bicyclic) bond motifs is 1. The number of hydrogen-bond acceptors (Lipinski definition) is 3. The highest BCUT2D eigenvalue weighted by atomic mass is 79.9. The van der Waals surface area contributed by atoms with Gasteiger partial charge in [0, 0.05) is 39.9 Å². The van der Waals surface area contributed by atoms with E-state index in [0.29, 0.717) is 13.2 Å². The summed E-state index contributed by atoms with van der Waals surface area (Å²) in [6, 6.07) is 13.9. The number of rotatable bonds is 7. The summed E-state index contributed by atoms with van der Waals surface area (Å²) in [6.07, 6.45) is 3.66. The van der Waals surface area contributed by atoms with E-state index in [1.165, 1.54) is 5.54 Å². The molecule has 26 heavy (non-hydrogen) atoms. The molecule has 0 saturated carbocycles. The zero-order chi connectivity index (χ0) is 18.5. The second kappa shape index (κ2) is 8.67. The molecule has 0 saturated heterocycles. The van der Waals surface area contributed by atoms with Gasteiger partial charge in [-0.3, -0.25) is 0 Å². The highest BCUT2D eigenvalue weighted by Crippen LogP contribution is 2.40. The minimum atomic E-state index is -0.683. The lowest BCUT2D eigenvalue weighted by Crippen LogP contribution is -2.37. The summed E-state index contributed by atoms with van der Waals surface area (Å²) in [7, 11) is -0.683. The van der Waals surface area contributed by atoms with Crippen LogP contribution in [-0.4, -0.2) is 23.6 Å². The monoisotopic (exact) mass is 432 g/mol. The lowest BCUT2D eigenvalue weighted by Gasteiger charge is -2.26. The maximum Gasteiger partial charge on any atom is 0.409 e. The smallest absolute Gasteiger partial charge is 0.409 e. The summed E-state index contributed by atoms with van der Waals surface area (Å²) >= 11 is 9.34. The van der Waals surface area contributed by atoms with E-state index in [9.17, 15) is 5.02 Å². The average molecular weight is 434 g/mol. The van der Waals surface area contributed by atoms with E-state index in [2.05, 4.69) is 20.9 Å². The van der Waals surface area contributed by atoms with E-state index < -0.39 is 7.05 Å². The number of H-pyrrole nitrogens is 1. The molecule has 0 aliphatic heterocycles. The third-order valence-electron chi connectivity index (χ3n) is 4.11. The number of ether oxygens (including phenoxy) is 1. The first-order valence-electron chi connectivity index (χ1n) is 8.28. The third-order valence-corrected chi connectivity index (χ3v) is 5.12. The van der Waals surface area contributed by atoms with E-state index in [0.717, 1.165) is 32.4 Å². The lowest BCUT2D eigenvalue weighted by atomic mass is 9.84. The van der Waals surface area contributed by atoms with Gasteiger partial charge in [0.1, 0.15) is 12.4 Å². The molecular formula is C19H19BBrClN2O2. The highest BCUT2D eigenvalue weighted by Gasteiger charge is 2.22. The topological polar surface area (TPSA) is 48.5 Å². The van der Waals surface area contributed by atoms with Crippen LogP contribution < -0.4 is 9.55 Å². The average Bonchev–Trinajstić information content (AvgIpc) is 3.14. The van der Waals surface area contributed by atoms with Gasteiger partial charge in [-0.05, 0) is 34.4 Å². The van der Waals surface area contributed by atoms with Crippen molar-refractivity contribution in [3.63, 3.8) is 0 Å². The number of aromatic nitrogens is 1. The van der Waals surface area contributed by atoms with Crippen LogP contribution >= 0.6 is 27.5 Å².